The minimum atomic E-state index is 0. The minimum Gasteiger partial charge on any atom is -0.497 e. The Morgan fingerprint density at radius 2 is 1.85 bits per heavy atom. The van der Waals surface area contributed by atoms with E-state index < -0.39 is 0 Å². The van der Waals surface area contributed by atoms with Crippen LogP contribution < -0.4 is 15.4 Å². The summed E-state index contributed by atoms with van der Waals surface area (Å²) in [7, 11) is 3.52. The molecule has 0 spiro atoms. The molecule has 0 bridgehead atoms. The Labute approximate surface area is 213 Å². The Morgan fingerprint density at radius 3 is 2.58 bits per heavy atom. The number of hydrogen-bond acceptors (Lipinski definition) is 4. The molecule has 0 aliphatic carbocycles. The fraction of sp³-hybridized carbons (Fsp3) is 0.360. The lowest BCUT2D eigenvalue weighted by molar-refractivity contribution is 0.245. The summed E-state index contributed by atoms with van der Waals surface area (Å²) in [5, 5.41) is 11.6. The molecule has 176 valence electrons. The van der Waals surface area contributed by atoms with Crippen LogP contribution in [0.25, 0.3) is 5.69 Å². The van der Waals surface area contributed by atoms with Crippen LogP contribution in [0.15, 0.2) is 71.9 Å². The van der Waals surface area contributed by atoms with Gasteiger partial charge in [0.1, 0.15) is 5.75 Å². The molecule has 8 heteroatoms. The van der Waals surface area contributed by atoms with Crippen molar-refractivity contribution in [1.82, 2.24) is 25.3 Å². The van der Waals surface area contributed by atoms with E-state index in [4.69, 9.17) is 4.74 Å². The van der Waals surface area contributed by atoms with Crippen molar-refractivity contribution < 1.29 is 4.74 Å². The first-order valence-corrected chi connectivity index (χ1v) is 11.2. The van der Waals surface area contributed by atoms with Crippen molar-refractivity contribution in [3.63, 3.8) is 0 Å². The molecule has 1 atom stereocenters. The van der Waals surface area contributed by atoms with Crippen LogP contribution in [-0.4, -0.2) is 54.4 Å². The highest BCUT2D eigenvalue weighted by Gasteiger charge is 2.24. The lowest BCUT2D eigenvalue weighted by Crippen LogP contribution is -2.42. The van der Waals surface area contributed by atoms with Crippen LogP contribution in [0.2, 0.25) is 0 Å². The number of nitrogens with one attached hydrogen (secondary N) is 2. The average molecular weight is 560 g/mol. The highest BCUT2D eigenvalue weighted by Crippen LogP contribution is 2.27. The smallest absolute Gasteiger partial charge is 0.191 e. The summed E-state index contributed by atoms with van der Waals surface area (Å²) in [6.45, 7) is 3.61. The standard InChI is InChI=1S/C25H32N6O.HI/c1-26-25(27-18-21-13-16-31(29-21)22-10-4-3-5-11-22)28-19-24(30-14-6-7-15-30)20-9-8-12-23(17-20)32-2;/h3-5,8-13,16-17,24H,6-7,14-15,18-19H2,1-2H3,(H2,26,27,28);1H. The van der Waals surface area contributed by atoms with Gasteiger partial charge in [-0.25, -0.2) is 4.68 Å². The molecule has 3 aromatic rings. The molecule has 1 fully saturated rings. The van der Waals surface area contributed by atoms with E-state index in [0.717, 1.165) is 42.7 Å². The number of likely N-dealkylation sites (tertiary alicyclic amines) is 1. The van der Waals surface area contributed by atoms with Crippen molar-refractivity contribution in [2.45, 2.75) is 25.4 Å². The van der Waals surface area contributed by atoms with Gasteiger partial charge in [0.25, 0.3) is 0 Å². The molecule has 1 aromatic heterocycles. The molecule has 1 saturated heterocycles. The van der Waals surface area contributed by atoms with Gasteiger partial charge in [0, 0.05) is 19.8 Å². The normalized spacial score (nSPS) is 15.0. The number of aliphatic imine (C=N–C) groups is 1. The summed E-state index contributed by atoms with van der Waals surface area (Å²) in [5.74, 6) is 1.66. The Bertz CT molecular complexity index is 1020. The summed E-state index contributed by atoms with van der Waals surface area (Å²) in [4.78, 5) is 6.95. The number of halogens is 1. The number of hydrogen-bond donors (Lipinski definition) is 2. The zero-order chi connectivity index (χ0) is 22.2. The van der Waals surface area contributed by atoms with Crippen LogP contribution in [0, 0.1) is 0 Å². The number of guanidine groups is 1. The Balaban J connectivity index is 0.00000306. The van der Waals surface area contributed by atoms with Gasteiger partial charge in [-0.1, -0.05) is 30.3 Å². The van der Waals surface area contributed by atoms with Crippen LogP contribution in [0.5, 0.6) is 5.75 Å². The van der Waals surface area contributed by atoms with E-state index in [-0.39, 0.29) is 30.0 Å². The lowest BCUT2D eigenvalue weighted by Gasteiger charge is -2.29. The first kappa shape index (κ1) is 25.0. The third kappa shape index (κ3) is 6.70. The van der Waals surface area contributed by atoms with E-state index >= 15 is 0 Å². The second-order valence-electron chi connectivity index (χ2n) is 7.93. The molecule has 0 saturated carbocycles. The van der Waals surface area contributed by atoms with Crippen molar-refractivity contribution in [2.24, 2.45) is 4.99 Å². The van der Waals surface area contributed by atoms with Crippen LogP contribution in [0.4, 0.5) is 0 Å². The number of methoxy groups -OCH3 is 1. The van der Waals surface area contributed by atoms with Crippen LogP contribution in [-0.2, 0) is 6.54 Å². The molecule has 1 aliphatic rings. The third-order valence-corrected chi connectivity index (χ3v) is 5.85. The molecular formula is C25H33IN6O. The summed E-state index contributed by atoms with van der Waals surface area (Å²) < 4.78 is 7.34. The van der Waals surface area contributed by atoms with Crippen molar-refractivity contribution in [1.29, 1.82) is 0 Å². The summed E-state index contributed by atoms with van der Waals surface area (Å²) >= 11 is 0. The number of rotatable bonds is 8. The van der Waals surface area contributed by atoms with E-state index in [1.54, 1.807) is 14.2 Å². The summed E-state index contributed by atoms with van der Waals surface area (Å²) in [6, 6.07) is 20.8. The number of aromatic nitrogens is 2. The first-order valence-electron chi connectivity index (χ1n) is 11.2. The first-order chi connectivity index (χ1) is 15.8. The van der Waals surface area contributed by atoms with Crippen LogP contribution in [0.3, 0.4) is 0 Å². The van der Waals surface area contributed by atoms with E-state index in [1.165, 1.54) is 18.4 Å². The molecule has 4 rings (SSSR count). The molecule has 7 nitrogen and oxygen atoms in total. The van der Waals surface area contributed by atoms with E-state index in [1.807, 2.05) is 53.3 Å². The number of para-hydroxylation sites is 1. The van der Waals surface area contributed by atoms with Crippen molar-refractivity contribution in [3.05, 3.63) is 78.1 Å². The molecule has 2 heterocycles. The fourth-order valence-corrected chi connectivity index (χ4v) is 4.13. The van der Waals surface area contributed by atoms with Gasteiger partial charge < -0.3 is 15.4 Å². The van der Waals surface area contributed by atoms with E-state index in [9.17, 15) is 0 Å². The largest absolute Gasteiger partial charge is 0.497 e. The second-order valence-corrected chi connectivity index (χ2v) is 7.93. The number of nitrogens with zero attached hydrogens (tertiary/aromatic N) is 4. The molecule has 2 N–H and O–H groups in total. The maximum atomic E-state index is 5.45. The van der Waals surface area contributed by atoms with Crippen molar-refractivity contribution in [3.8, 4) is 11.4 Å². The SMILES string of the molecule is CN=C(NCc1ccn(-c2ccccc2)n1)NCC(c1cccc(OC)c1)N1CCCC1.I. The van der Waals surface area contributed by atoms with Gasteiger partial charge in [0.2, 0.25) is 0 Å². The molecule has 33 heavy (non-hydrogen) atoms. The van der Waals surface area contributed by atoms with Gasteiger partial charge >= 0.3 is 0 Å². The quantitative estimate of drug-likeness (QED) is 0.248. The average Bonchev–Trinajstić information content (AvgIpc) is 3.55. The topological polar surface area (TPSA) is 66.7 Å². The number of benzene rings is 2. The Morgan fingerprint density at radius 1 is 1.06 bits per heavy atom. The van der Waals surface area contributed by atoms with E-state index in [2.05, 4.69) is 43.8 Å². The van der Waals surface area contributed by atoms with Gasteiger partial charge in [-0.05, 0) is 61.8 Å². The lowest BCUT2D eigenvalue weighted by atomic mass is 10.1. The second kappa shape index (κ2) is 12.6. The minimum absolute atomic E-state index is 0. The van der Waals surface area contributed by atoms with Gasteiger partial charge in [-0.15, -0.1) is 24.0 Å². The Hall–Kier alpha value is -2.59. The number of ether oxygens (including phenoxy) is 1. The fourth-order valence-electron chi connectivity index (χ4n) is 4.13. The zero-order valence-electron chi connectivity index (χ0n) is 19.3. The maximum Gasteiger partial charge on any atom is 0.191 e. The molecule has 0 radical (unpaired) electrons. The van der Waals surface area contributed by atoms with Crippen molar-refractivity contribution in [2.75, 3.05) is 33.8 Å². The maximum absolute atomic E-state index is 5.45. The predicted octanol–water partition coefficient (Wildman–Crippen LogP) is 4.00. The van der Waals surface area contributed by atoms with Gasteiger partial charge in [-0.3, -0.25) is 9.89 Å². The van der Waals surface area contributed by atoms with Gasteiger partial charge in [-0.2, -0.15) is 5.10 Å². The highest BCUT2D eigenvalue weighted by molar-refractivity contribution is 14.0. The predicted molar refractivity (Wildman–Crippen MR) is 144 cm³/mol. The molecule has 1 unspecified atom stereocenters. The molecule has 2 aromatic carbocycles. The molecule has 0 amide bonds. The molecular weight excluding hydrogens is 527 g/mol. The van der Waals surface area contributed by atoms with Crippen LogP contribution in [0.1, 0.15) is 30.1 Å². The van der Waals surface area contributed by atoms with Gasteiger partial charge in [0.05, 0.1) is 31.1 Å². The zero-order valence-corrected chi connectivity index (χ0v) is 21.6. The van der Waals surface area contributed by atoms with Crippen LogP contribution >= 0.6 is 24.0 Å². The van der Waals surface area contributed by atoms with Crippen molar-refractivity contribution >= 4 is 29.9 Å². The van der Waals surface area contributed by atoms with E-state index in [0.29, 0.717) is 6.54 Å². The van der Waals surface area contributed by atoms with Gasteiger partial charge in [0.15, 0.2) is 5.96 Å². The monoisotopic (exact) mass is 560 g/mol. The third-order valence-electron chi connectivity index (χ3n) is 5.85. The Kier molecular flexibility index (Phi) is 9.56. The highest BCUT2D eigenvalue weighted by atomic mass is 127. The summed E-state index contributed by atoms with van der Waals surface area (Å²) in [6.07, 6.45) is 4.48. The molecule has 1 aliphatic heterocycles. The summed E-state index contributed by atoms with van der Waals surface area (Å²) in [5.41, 5.74) is 3.27.